The van der Waals surface area contributed by atoms with Crippen LogP contribution in [0.5, 0.6) is 0 Å². The molecule has 0 N–H and O–H groups in total. The Balaban J connectivity index is 1.68. The van der Waals surface area contributed by atoms with Crippen LogP contribution in [0.4, 0.5) is 4.39 Å². The normalized spacial score (nSPS) is 28.1. The molecule has 0 aliphatic carbocycles. The third-order valence-corrected chi connectivity index (χ3v) is 7.12. The highest BCUT2D eigenvalue weighted by Crippen LogP contribution is 2.36. The Bertz CT molecular complexity index is 731. The first-order chi connectivity index (χ1) is 10.3. The molecule has 0 aromatic heterocycles. The largest absolute Gasteiger partial charge is 0.349 e. The van der Waals surface area contributed by atoms with Gasteiger partial charge >= 0.3 is 0 Å². The van der Waals surface area contributed by atoms with Gasteiger partial charge < -0.3 is 4.90 Å². The quantitative estimate of drug-likeness (QED) is 0.805. The second-order valence-electron chi connectivity index (χ2n) is 5.50. The fraction of sp³-hybridized carbons (Fsp3) is 0.429. The Labute approximate surface area is 132 Å². The third-order valence-electron chi connectivity index (χ3n) is 3.82. The van der Waals surface area contributed by atoms with Crippen LogP contribution in [-0.2, 0) is 21.1 Å². The zero-order chi connectivity index (χ0) is 15.9. The molecule has 1 amide bonds. The van der Waals surface area contributed by atoms with Crippen LogP contribution in [-0.4, -0.2) is 54.2 Å². The lowest BCUT2D eigenvalue weighted by Gasteiger charge is -2.17. The Morgan fingerprint density at radius 2 is 2.05 bits per heavy atom. The number of sulfone groups is 1. The fourth-order valence-electron chi connectivity index (χ4n) is 2.66. The van der Waals surface area contributed by atoms with Crippen molar-refractivity contribution in [3.8, 4) is 0 Å². The number of aliphatic imine (C=N–C) groups is 1. The van der Waals surface area contributed by atoms with Crippen molar-refractivity contribution in [2.24, 2.45) is 4.99 Å². The van der Waals surface area contributed by atoms with Crippen molar-refractivity contribution >= 4 is 32.7 Å². The maximum atomic E-state index is 12.8. The van der Waals surface area contributed by atoms with Gasteiger partial charge in [0.25, 0.3) is 5.91 Å². The van der Waals surface area contributed by atoms with Crippen molar-refractivity contribution in [1.29, 1.82) is 0 Å². The minimum atomic E-state index is -2.98. The van der Waals surface area contributed by atoms with E-state index in [4.69, 9.17) is 0 Å². The number of carbonyl (C=O) groups is 1. The van der Waals surface area contributed by atoms with Crippen LogP contribution in [0.25, 0.3) is 0 Å². The summed E-state index contributed by atoms with van der Waals surface area (Å²) in [5, 5.41) is 0.518. The highest BCUT2D eigenvalue weighted by molar-refractivity contribution is 8.15. The van der Waals surface area contributed by atoms with Crippen LogP contribution >= 0.6 is 11.8 Å². The Morgan fingerprint density at radius 1 is 1.36 bits per heavy atom. The van der Waals surface area contributed by atoms with Crippen molar-refractivity contribution in [2.45, 2.75) is 17.7 Å². The first kappa shape index (κ1) is 15.5. The van der Waals surface area contributed by atoms with E-state index in [0.717, 1.165) is 0 Å². The second-order valence-corrected chi connectivity index (χ2v) is 8.86. The summed E-state index contributed by atoms with van der Waals surface area (Å²) in [4.78, 5) is 17.9. The number of hydrogen-bond donors (Lipinski definition) is 0. The minimum Gasteiger partial charge on any atom is -0.349 e. The van der Waals surface area contributed by atoms with Crippen molar-refractivity contribution in [1.82, 2.24) is 4.90 Å². The van der Waals surface area contributed by atoms with E-state index in [2.05, 4.69) is 4.99 Å². The minimum absolute atomic E-state index is 0.0487. The number of hydrogen-bond acceptors (Lipinski definition) is 4. The molecule has 2 unspecified atom stereocenters. The predicted octanol–water partition coefficient (Wildman–Crippen LogP) is 1.09. The summed E-state index contributed by atoms with van der Waals surface area (Å²) in [5.74, 6) is -0.407. The number of halogens is 1. The molecule has 1 aromatic rings. The smallest absolute Gasteiger partial charge is 0.252 e. The molecule has 2 aliphatic heterocycles. The number of amidine groups is 1. The summed E-state index contributed by atoms with van der Waals surface area (Å²) in [6.45, 7) is 0. The molecule has 2 aliphatic rings. The number of thioether (sulfide) groups is 1. The average molecular weight is 342 g/mol. The summed E-state index contributed by atoms with van der Waals surface area (Å²) in [6, 6.07) is 5.62. The number of fused-ring (bicyclic) bond motifs is 1. The van der Waals surface area contributed by atoms with Gasteiger partial charge in [-0.15, -0.1) is 0 Å². The van der Waals surface area contributed by atoms with E-state index in [9.17, 15) is 17.6 Å². The second kappa shape index (κ2) is 5.66. The molecule has 2 atom stereocenters. The Kier molecular flexibility index (Phi) is 3.98. The molecule has 118 valence electrons. The fourth-order valence-corrected chi connectivity index (χ4v) is 6.67. The zero-order valence-electron chi connectivity index (χ0n) is 11.9. The summed E-state index contributed by atoms with van der Waals surface area (Å²) in [7, 11) is -1.21. The number of benzene rings is 1. The van der Waals surface area contributed by atoms with E-state index in [1.54, 1.807) is 24.1 Å². The average Bonchev–Trinajstić information content (AvgIpc) is 2.87. The molecule has 0 radical (unpaired) electrons. The first-order valence-corrected chi connectivity index (χ1v) is 9.50. The molecule has 0 saturated carbocycles. The molecule has 2 saturated heterocycles. The van der Waals surface area contributed by atoms with E-state index in [1.165, 1.54) is 23.9 Å². The standard InChI is InChI=1S/C14H15FN2O3S2/c1-17-11-7-22(19,20)8-12(11)21-14(17)16-13(18)6-9-2-4-10(15)5-3-9/h2-5,11-12H,6-8H2,1H3. The lowest BCUT2D eigenvalue weighted by Crippen LogP contribution is -2.34. The molecule has 8 heteroatoms. The summed E-state index contributed by atoms with van der Waals surface area (Å²) >= 11 is 1.35. The molecule has 5 nitrogen and oxygen atoms in total. The van der Waals surface area contributed by atoms with Gasteiger partial charge in [0.1, 0.15) is 5.82 Å². The lowest BCUT2D eigenvalue weighted by molar-refractivity contribution is -0.117. The SMILES string of the molecule is CN1C(=NC(=O)Cc2ccc(F)cc2)SC2CS(=O)(=O)CC21. The van der Waals surface area contributed by atoms with Gasteiger partial charge in [0, 0.05) is 12.3 Å². The van der Waals surface area contributed by atoms with Crippen molar-refractivity contribution in [3.05, 3.63) is 35.6 Å². The number of carbonyl (C=O) groups excluding carboxylic acids is 1. The predicted molar refractivity (Wildman–Crippen MR) is 84.1 cm³/mol. The highest BCUT2D eigenvalue weighted by atomic mass is 32.2. The number of nitrogens with zero attached hydrogens (tertiary/aromatic N) is 2. The molecule has 3 rings (SSSR count). The first-order valence-electron chi connectivity index (χ1n) is 6.80. The van der Waals surface area contributed by atoms with Crippen LogP contribution < -0.4 is 0 Å². The Hall–Kier alpha value is -1.41. The highest BCUT2D eigenvalue weighted by Gasteiger charge is 2.47. The monoisotopic (exact) mass is 342 g/mol. The van der Waals surface area contributed by atoms with Crippen molar-refractivity contribution in [2.75, 3.05) is 18.6 Å². The molecular weight excluding hydrogens is 327 g/mol. The van der Waals surface area contributed by atoms with Crippen LogP contribution in [0, 0.1) is 5.82 Å². The van der Waals surface area contributed by atoms with Crippen molar-refractivity contribution in [3.63, 3.8) is 0 Å². The van der Waals surface area contributed by atoms with E-state index < -0.39 is 9.84 Å². The van der Waals surface area contributed by atoms with E-state index in [-0.39, 0.29) is 40.9 Å². The van der Waals surface area contributed by atoms with Crippen LogP contribution in [0.3, 0.4) is 0 Å². The molecule has 2 fully saturated rings. The van der Waals surface area contributed by atoms with Crippen LogP contribution in [0.2, 0.25) is 0 Å². The molecule has 22 heavy (non-hydrogen) atoms. The van der Waals surface area contributed by atoms with Crippen LogP contribution in [0.1, 0.15) is 5.56 Å². The van der Waals surface area contributed by atoms with Crippen LogP contribution in [0.15, 0.2) is 29.3 Å². The van der Waals surface area contributed by atoms with E-state index >= 15 is 0 Å². The van der Waals surface area contributed by atoms with Gasteiger partial charge in [-0.05, 0) is 17.7 Å². The summed E-state index contributed by atoms with van der Waals surface area (Å²) in [6.07, 6.45) is 0.103. The Morgan fingerprint density at radius 3 is 2.68 bits per heavy atom. The summed E-state index contributed by atoms with van der Waals surface area (Å²) < 4.78 is 36.0. The number of rotatable bonds is 2. The summed E-state index contributed by atoms with van der Waals surface area (Å²) in [5.41, 5.74) is 0.698. The van der Waals surface area contributed by atoms with Gasteiger partial charge in [0.05, 0.1) is 24.0 Å². The molecule has 2 heterocycles. The molecule has 0 bridgehead atoms. The molecule has 1 aromatic carbocycles. The van der Waals surface area contributed by atoms with Gasteiger partial charge in [-0.3, -0.25) is 4.79 Å². The van der Waals surface area contributed by atoms with Gasteiger partial charge in [-0.1, -0.05) is 23.9 Å². The zero-order valence-corrected chi connectivity index (χ0v) is 13.5. The van der Waals surface area contributed by atoms with Crippen molar-refractivity contribution < 1.29 is 17.6 Å². The number of amides is 1. The maximum absolute atomic E-state index is 12.8. The van der Waals surface area contributed by atoms with Gasteiger partial charge in [0.15, 0.2) is 15.0 Å². The van der Waals surface area contributed by atoms with Gasteiger partial charge in [-0.2, -0.15) is 4.99 Å². The van der Waals surface area contributed by atoms with E-state index in [0.29, 0.717) is 10.7 Å². The van der Waals surface area contributed by atoms with Gasteiger partial charge in [0.2, 0.25) is 0 Å². The third kappa shape index (κ3) is 3.17. The van der Waals surface area contributed by atoms with Gasteiger partial charge in [-0.25, -0.2) is 12.8 Å². The maximum Gasteiger partial charge on any atom is 0.252 e. The molecule has 0 spiro atoms. The molecular formula is C14H15FN2O3S2. The van der Waals surface area contributed by atoms with E-state index in [1.807, 2.05) is 0 Å². The topological polar surface area (TPSA) is 66.8 Å². The lowest BCUT2D eigenvalue weighted by atomic mass is 10.1.